The van der Waals surface area contributed by atoms with Crippen molar-refractivity contribution in [1.29, 1.82) is 0 Å². The molecule has 3 atom stereocenters. The second-order valence-corrected chi connectivity index (χ2v) is 40.5. The standard InChI is InChI=1S/C27H33F2N9O2.C25H29ClFN9O2.C24H27F2N9O2.C22H24F2N8O3/c28-18-12-32-25-22(24(30)34-38(25)15-18)26(39)33-21-14-31-13-20(29)23(21)36-9-4-17(5-10-36)27(40)37-11-6-19(16-37)35-7-2-1-3-8-35;26-18-12-29-13-19(31-24(37)20-22(28)32-36-14-16(27)11-30-23(20)36)21(18)34-7-1-15(2-8-34)25(38)35-10-9-33-5-3-17(35)4-6-33;1-32-6-7-34(18-8-17(18)32)24(37)13-2-4-33(5-3-13)20-15(26)10-28-11-16(20)30-23(36)19-21(27)31-35-12-14(25)9-29-22(19)35;1-22(35)10-31(11-22)21(34)12-2-4-30(5-3-12)17-14(24)7-26-8-15(17)28-20(33)16-18(25)29-32-9-13(23)6-27-19(16)32/h12-15,17,19H,1-11,16H2,(H2,30,34)(H,33,39);11-15,17H,1-10H2,(H2,28,32)(H,31,37);9-13,17-18H,2-8H2,1H3,(H2,27,31)(H,30,36);6-9,12,35H,2-5,10-11H2,1H3,(H2,25,29)(H,28,33). The fourth-order valence-electron chi connectivity index (χ4n) is 22.6. The zero-order chi connectivity index (χ0) is 105. The van der Waals surface area contributed by atoms with Crippen LogP contribution in [-0.4, -0.2) is 333 Å². The van der Waals surface area contributed by atoms with Gasteiger partial charge in [0.2, 0.25) is 23.6 Å². The highest BCUT2D eigenvalue weighted by atomic mass is 35.5. The number of anilines is 12. The maximum Gasteiger partial charge on any atom is 0.263 e. The number of pyridine rings is 4. The first-order valence-corrected chi connectivity index (χ1v) is 50.6. The molecule has 52 heteroatoms. The summed E-state index contributed by atoms with van der Waals surface area (Å²) < 4.78 is 103. The minimum atomic E-state index is -0.836. The molecule has 11 saturated heterocycles. The lowest BCUT2D eigenvalue weighted by molar-refractivity contribution is -0.157. The first-order valence-electron chi connectivity index (χ1n) is 50.3. The van der Waals surface area contributed by atoms with Crippen molar-refractivity contribution >= 4 is 150 Å². The average molecular weight is 2090 g/mol. The number of fused-ring (bicyclic) bond motifs is 9. The number of aromatic nitrogens is 16. The Balaban J connectivity index is 0.000000121. The molecule has 3 unspecified atom stereocenters. The van der Waals surface area contributed by atoms with E-state index in [4.69, 9.17) is 34.5 Å². The maximum absolute atomic E-state index is 15.1. The summed E-state index contributed by atoms with van der Waals surface area (Å²) in [5.74, 6) is -7.21. The number of nitrogens with zero attached hydrogens (tertiary/aromatic N) is 27. The lowest BCUT2D eigenvalue weighted by Gasteiger charge is -2.46. The average Bonchev–Trinajstić information content (AvgIpc) is 1.61. The molecule has 0 spiro atoms. The second-order valence-electron chi connectivity index (χ2n) is 40.1. The predicted molar refractivity (Wildman–Crippen MR) is 538 cm³/mol. The van der Waals surface area contributed by atoms with Gasteiger partial charge in [-0.2, -0.15) is 0 Å². The number of piperazine rings is 1. The Kier molecular flexibility index (Phi) is 29.2. The zero-order valence-corrected chi connectivity index (χ0v) is 83.0. The fraction of sp³-hybridized carbons (Fsp3) is 0.469. The molecule has 11 aliphatic heterocycles. The molecule has 12 fully saturated rings. The van der Waals surface area contributed by atoms with Gasteiger partial charge in [0.05, 0.1) is 145 Å². The Hall–Kier alpha value is -15.1. The molecule has 44 nitrogen and oxygen atoms in total. The van der Waals surface area contributed by atoms with Gasteiger partial charge in [-0.25, -0.2) is 68.7 Å². The molecule has 150 heavy (non-hydrogen) atoms. The molecular weight excluding hydrogens is 1980 g/mol. The quantitative estimate of drug-likeness (QED) is 0.0406. The molecule has 790 valence electrons. The highest BCUT2D eigenvalue weighted by molar-refractivity contribution is 6.34. The van der Waals surface area contributed by atoms with Gasteiger partial charge in [0.15, 0.2) is 86.6 Å². The Bertz CT molecular complexity index is 7170. The molecular formula is C98H113ClF7N35O9. The second kappa shape index (κ2) is 42.8. The number of nitrogens with one attached hydrogen (secondary N) is 4. The number of halogens is 8. The molecule has 1 saturated carbocycles. The molecule has 0 radical (unpaired) electrons. The number of hydrogen-bond acceptors (Lipinski definition) is 32. The van der Waals surface area contributed by atoms with Crippen molar-refractivity contribution in [2.24, 2.45) is 23.7 Å². The van der Waals surface area contributed by atoms with Crippen molar-refractivity contribution in [2.75, 3.05) is 202 Å². The van der Waals surface area contributed by atoms with Crippen molar-refractivity contribution in [3.63, 3.8) is 0 Å². The van der Waals surface area contributed by atoms with Gasteiger partial charge in [-0.3, -0.25) is 68.1 Å². The Morgan fingerprint density at radius 2 is 0.700 bits per heavy atom. The van der Waals surface area contributed by atoms with E-state index in [0.717, 1.165) is 177 Å². The Labute approximate surface area is 858 Å². The third-order valence-corrected chi connectivity index (χ3v) is 30.5. The van der Waals surface area contributed by atoms with E-state index in [2.05, 4.69) is 113 Å². The summed E-state index contributed by atoms with van der Waals surface area (Å²) in [6.45, 7) is 15.6. The van der Waals surface area contributed by atoms with E-state index in [1.54, 1.807) is 16.7 Å². The Morgan fingerprint density at radius 1 is 0.367 bits per heavy atom. The molecule has 24 rings (SSSR count). The molecule has 23 heterocycles. The number of carbonyl (C=O) groups excluding carboxylic acids is 8. The molecule has 12 aromatic rings. The van der Waals surface area contributed by atoms with E-state index in [1.807, 2.05) is 19.6 Å². The number of aliphatic hydroxyl groups is 1. The van der Waals surface area contributed by atoms with E-state index in [1.165, 1.54) is 50.2 Å². The van der Waals surface area contributed by atoms with Gasteiger partial charge >= 0.3 is 0 Å². The molecule has 12 aromatic heterocycles. The van der Waals surface area contributed by atoms with E-state index in [9.17, 15) is 65.4 Å². The SMILES string of the molecule is CC1(O)CN(C(=O)C2CCN(c3c(F)cncc3NC(=O)c3c(N)nn4cc(F)cnc34)CC2)C1.CN1CCN(C(=O)C2CCN(c3c(F)cncc3NC(=O)c3c(N)nn4cc(F)cnc34)CC2)C2CC21.Nc1nn2cc(F)cnc2c1C(=O)Nc1cncc(Cl)c1N1CCC(C(=O)N2CCN3CCC2CC3)CC1.Nc1nn2cc(F)cnc2c1C(=O)Nc1cncc(F)c1N1CCC(C(=O)N2CCC(N3CCCCC3)C2)CC1. The first-order chi connectivity index (χ1) is 72.2. The number of likely N-dealkylation sites (tertiary alicyclic amines) is 3. The molecule has 12 aliphatic rings. The van der Waals surface area contributed by atoms with Crippen molar-refractivity contribution < 1.29 is 74.2 Å². The van der Waals surface area contributed by atoms with Gasteiger partial charge in [0, 0.05) is 159 Å². The lowest BCUT2D eigenvalue weighted by Crippen LogP contribution is -2.63. The van der Waals surface area contributed by atoms with Crippen molar-refractivity contribution in [1.82, 2.24) is 113 Å². The van der Waals surface area contributed by atoms with Gasteiger partial charge in [0.25, 0.3) is 23.6 Å². The molecule has 0 aromatic carbocycles. The molecule has 13 N–H and O–H groups in total. The van der Waals surface area contributed by atoms with E-state index >= 15 is 8.78 Å². The number of nitrogen functional groups attached to an aromatic ring is 4. The van der Waals surface area contributed by atoms with Crippen LogP contribution in [0.3, 0.4) is 0 Å². The number of hydrogen-bond donors (Lipinski definition) is 9. The monoisotopic (exact) mass is 2090 g/mol. The van der Waals surface area contributed by atoms with Crippen LogP contribution in [-0.2, 0) is 19.2 Å². The van der Waals surface area contributed by atoms with Gasteiger partial charge in [-0.05, 0) is 117 Å². The number of nitrogens with two attached hydrogens (primary N) is 4. The summed E-state index contributed by atoms with van der Waals surface area (Å²) in [4.78, 5) is 159. The van der Waals surface area contributed by atoms with Crippen LogP contribution in [0.4, 0.5) is 99.5 Å². The minimum Gasteiger partial charge on any atom is -0.386 e. The van der Waals surface area contributed by atoms with Crippen LogP contribution in [0.15, 0.2) is 99.1 Å². The predicted octanol–water partition coefficient (Wildman–Crippen LogP) is 7.23. The summed E-state index contributed by atoms with van der Waals surface area (Å²) in [7, 11) is 2.10. The molecule has 2 bridgehead atoms. The number of likely N-dealkylation sites (N-methyl/N-ethyl adjacent to an activating group) is 1. The fourth-order valence-corrected chi connectivity index (χ4v) is 22.8. The third kappa shape index (κ3) is 21.2. The summed E-state index contributed by atoms with van der Waals surface area (Å²) in [5.41, 5.74) is 25.1. The number of rotatable bonds is 17. The summed E-state index contributed by atoms with van der Waals surface area (Å²) in [6.07, 6.45) is 31.2. The van der Waals surface area contributed by atoms with Gasteiger partial charge < -0.3 is 93.4 Å². The van der Waals surface area contributed by atoms with E-state index in [-0.39, 0.29) is 150 Å². The Morgan fingerprint density at radius 3 is 1.08 bits per heavy atom. The molecule has 1 aliphatic carbocycles. The van der Waals surface area contributed by atoms with Crippen LogP contribution in [0, 0.1) is 64.4 Å². The molecule has 8 amide bonds. The van der Waals surface area contributed by atoms with Crippen LogP contribution < -0.4 is 63.8 Å². The van der Waals surface area contributed by atoms with Gasteiger partial charge in [0.1, 0.15) is 39.3 Å². The smallest absolute Gasteiger partial charge is 0.263 e. The van der Waals surface area contributed by atoms with Crippen LogP contribution in [0.1, 0.15) is 145 Å². The highest BCUT2D eigenvalue weighted by Gasteiger charge is 2.51. The lowest BCUT2D eigenvalue weighted by atomic mass is 9.90. The van der Waals surface area contributed by atoms with Crippen LogP contribution in [0.2, 0.25) is 5.02 Å². The summed E-state index contributed by atoms with van der Waals surface area (Å²) in [5, 5.41) is 36.9. The van der Waals surface area contributed by atoms with Crippen LogP contribution in [0.5, 0.6) is 0 Å². The topological polar surface area (TPSA) is 517 Å². The van der Waals surface area contributed by atoms with E-state index < -0.39 is 70.0 Å². The van der Waals surface area contributed by atoms with Crippen molar-refractivity contribution in [3.8, 4) is 0 Å². The van der Waals surface area contributed by atoms with Gasteiger partial charge in [-0.15, -0.1) is 20.4 Å². The number of piperidine rings is 6. The van der Waals surface area contributed by atoms with Crippen LogP contribution >= 0.6 is 11.6 Å². The van der Waals surface area contributed by atoms with Gasteiger partial charge in [-0.1, -0.05) is 18.0 Å². The number of carbonyl (C=O) groups is 8. The van der Waals surface area contributed by atoms with Crippen molar-refractivity contribution in [2.45, 2.75) is 133 Å². The first kappa shape index (κ1) is 102. The van der Waals surface area contributed by atoms with Crippen LogP contribution in [0.25, 0.3) is 22.6 Å². The number of β-amino-alcohol motifs (C(OH)–C–C–N with tert-alkyl or cyclic N) is 1. The third-order valence-electron chi connectivity index (χ3n) is 30.3. The zero-order valence-electron chi connectivity index (χ0n) is 82.2. The maximum atomic E-state index is 15.1. The van der Waals surface area contributed by atoms with Crippen molar-refractivity contribution in [3.05, 3.63) is 167 Å². The largest absolute Gasteiger partial charge is 0.386 e. The van der Waals surface area contributed by atoms with E-state index in [0.29, 0.717) is 157 Å². The number of amides is 8. The summed E-state index contributed by atoms with van der Waals surface area (Å²) >= 11 is 6.57. The highest BCUT2D eigenvalue weighted by Crippen LogP contribution is 2.44. The minimum absolute atomic E-state index is 0.00704. The normalized spacial score (nSPS) is 20.8. The summed E-state index contributed by atoms with van der Waals surface area (Å²) in [6, 6.07) is 1.61.